The number of aromatic nitrogens is 3. The van der Waals surface area contributed by atoms with Crippen molar-refractivity contribution < 1.29 is 19.4 Å². The normalized spacial score (nSPS) is 10.3. The zero-order chi connectivity index (χ0) is 17.8. The van der Waals surface area contributed by atoms with Crippen LogP contribution in [0.2, 0.25) is 0 Å². The van der Waals surface area contributed by atoms with Crippen molar-refractivity contribution in [1.82, 2.24) is 15.1 Å². The second kappa shape index (κ2) is 6.83. The Balaban J connectivity index is 1.91. The predicted octanol–water partition coefficient (Wildman–Crippen LogP) is 2.04. The van der Waals surface area contributed by atoms with E-state index in [0.717, 1.165) is 4.79 Å². The number of amides is 1. The van der Waals surface area contributed by atoms with Gasteiger partial charge in [-0.3, -0.25) is 4.79 Å². The van der Waals surface area contributed by atoms with E-state index >= 15 is 0 Å². The summed E-state index contributed by atoms with van der Waals surface area (Å²) in [4.78, 5) is 24.8. The van der Waals surface area contributed by atoms with Gasteiger partial charge in [-0.1, -0.05) is 30.3 Å². The molecule has 0 aliphatic rings. The maximum atomic E-state index is 12.3. The van der Waals surface area contributed by atoms with Gasteiger partial charge in [0.05, 0.1) is 7.11 Å². The van der Waals surface area contributed by atoms with Crippen LogP contribution >= 0.6 is 0 Å². The van der Waals surface area contributed by atoms with Gasteiger partial charge in [0, 0.05) is 11.1 Å². The fraction of sp³-hybridized carbons (Fsp3) is 0.0588. The fourth-order valence-electron chi connectivity index (χ4n) is 2.25. The number of carboxylic acid groups (broad SMARTS) is 1. The molecule has 3 aromatic rings. The average Bonchev–Trinajstić information content (AvgIpc) is 3.06. The van der Waals surface area contributed by atoms with Crippen molar-refractivity contribution in [2.45, 2.75) is 0 Å². The first-order valence-corrected chi connectivity index (χ1v) is 7.30. The third-order valence-corrected chi connectivity index (χ3v) is 3.48. The van der Waals surface area contributed by atoms with Crippen LogP contribution in [-0.4, -0.2) is 39.2 Å². The summed E-state index contributed by atoms with van der Waals surface area (Å²) in [5.41, 5.74) is 3.27. The number of carbonyl (C=O) groups is 2. The molecule has 0 spiro atoms. The van der Waals surface area contributed by atoms with Gasteiger partial charge in [-0.05, 0) is 29.5 Å². The molecule has 1 heterocycles. The molecule has 0 saturated carbocycles. The molecular weight excluding hydrogens is 324 g/mol. The van der Waals surface area contributed by atoms with Gasteiger partial charge in [0.2, 0.25) is 0 Å². The number of hydrogen-bond donors (Lipinski definition) is 2. The lowest BCUT2D eigenvalue weighted by Crippen LogP contribution is -2.27. The summed E-state index contributed by atoms with van der Waals surface area (Å²) < 4.78 is 5.03. The summed E-state index contributed by atoms with van der Waals surface area (Å²) in [7, 11) is 1.52. The van der Waals surface area contributed by atoms with E-state index in [-0.39, 0.29) is 11.4 Å². The van der Waals surface area contributed by atoms with Crippen molar-refractivity contribution in [3.8, 4) is 17.0 Å². The van der Waals surface area contributed by atoms with Crippen LogP contribution in [0.5, 0.6) is 5.75 Å². The van der Waals surface area contributed by atoms with Gasteiger partial charge in [-0.2, -0.15) is 0 Å². The number of methoxy groups -OCH3 is 1. The van der Waals surface area contributed by atoms with Crippen LogP contribution in [0.25, 0.3) is 11.3 Å². The van der Waals surface area contributed by atoms with E-state index in [9.17, 15) is 14.7 Å². The Morgan fingerprint density at radius 3 is 2.36 bits per heavy atom. The molecule has 0 saturated heterocycles. The molecule has 2 N–H and O–H groups in total. The van der Waals surface area contributed by atoms with Gasteiger partial charge < -0.3 is 9.84 Å². The molecule has 0 unspecified atom stereocenters. The van der Waals surface area contributed by atoms with E-state index in [4.69, 9.17) is 4.74 Å². The summed E-state index contributed by atoms with van der Waals surface area (Å²) in [5, 5.41) is 17.1. The van der Waals surface area contributed by atoms with Crippen LogP contribution in [0.4, 0.5) is 0 Å². The number of ether oxygens (including phenoxy) is 1. The van der Waals surface area contributed by atoms with Gasteiger partial charge in [0.15, 0.2) is 5.69 Å². The first kappa shape index (κ1) is 16.2. The molecule has 1 amide bonds. The summed E-state index contributed by atoms with van der Waals surface area (Å²) in [5.74, 6) is -1.16. The van der Waals surface area contributed by atoms with Gasteiger partial charge in [-0.25, -0.2) is 10.2 Å². The van der Waals surface area contributed by atoms with E-state index < -0.39 is 11.9 Å². The molecule has 0 atom stereocenters. The molecule has 1 aromatic heterocycles. The quantitative estimate of drug-likeness (QED) is 0.737. The maximum Gasteiger partial charge on any atom is 0.358 e. The molecule has 0 fully saturated rings. The number of nitrogens with zero attached hydrogens (tertiary/aromatic N) is 3. The molecule has 0 radical (unpaired) electrons. The fourth-order valence-corrected chi connectivity index (χ4v) is 2.25. The highest BCUT2D eigenvalue weighted by molar-refractivity contribution is 6.01. The van der Waals surface area contributed by atoms with Gasteiger partial charge in [-0.15, -0.1) is 9.89 Å². The Hall–Kier alpha value is -3.68. The first-order chi connectivity index (χ1) is 12.1. The Labute approximate surface area is 142 Å². The number of nitrogens with one attached hydrogen (secondary N) is 1. The van der Waals surface area contributed by atoms with E-state index in [1.54, 1.807) is 54.6 Å². The third kappa shape index (κ3) is 3.32. The largest absolute Gasteiger partial charge is 0.497 e. The van der Waals surface area contributed by atoms with Crippen LogP contribution < -0.4 is 10.2 Å². The monoisotopic (exact) mass is 338 g/mol. The number of carbonyl (C=O) groups excluding carboxylic acids is 1. The average molecular weight is 338 g/mol. The summed E-state index contributed by atoms with van der Waals surface area (Å²) in [6.07, 6.45) is 0. The summed E-state index contributed by atoms with van der Waals surface area (Å²) in [6.45, 7) is 0. The number of benzene rings is 2. The zero-order valence-electron chi connectivity index (χ0n) is 13.2. The van der Waals surface area contributed by atoms with Gasteiger partial charge in [0.1, 0.15) is 11.4 Å². The van der Waals surface area contributed by atoms with Crippen molar-refractivity contribution in [2.75, 3.05) is 12.5 Å². The number of aromatic carboxylic acids is 1. The van der Waals surface area contributed by atoms with E-state index in [2.05, 4.69) is 15.7 Å². The standard InChI is InChI=1S/C17H14N4O4/c1-25-13-9-7-12(8-10-13)16(22)19-21-15(17(23)24)14(18-20-21)11-5-3-2-4-6-11/h2-10H,1H3,(H,19,22)(H,23,24). The number of carboxylic acids is 1. The minimum absolute atomic E-state index is 0.170. The second-order valence-corrected chi connectivity index (χ2v) is 5.04. The Bertz CT molecular complexity index is 904. The zero-order valence-corrected chi connectivity index (χ0v) is 13.2. The molecule has 0 aliphatic heterocycles. The highest BCUT2D eigenvalue weighted by Gasteiger charge is 2.22. The highest BCUT2D eigenvalue weighted by atomic mass is 16.5. The Morgan fingerprint density at radius 1 is 1.08 bits per heavy atom. The van der Waals surface area contributed by atoms with Crippen LogP contribution in [0.1, 0.15) is 20.8 Å². The minimum atomic E-state index is -1.25. The molecule has 0 bridgehead atoms. The summed E-state index contributed by atoms with van der Waals surface area (Å²) >= 11 is 0. The lowest BCUT2D eigenvalue weighted by atomic mass is 10.1. The van der Waals surface area contributed by atoms with Crippen molar-refractivity contribution >= 4 is 11.9 Å². The van der Waals surface area contributed by atoms with E-state index in [0.29, 0.717) is 16.9 Å². The second-order valence-electron chi connectivity index (χ2n) is 5.04. The molecule has 8 heteroatoms. The number of hydrogen-bond acceptors (Lipinski definition) is 5. The lowest BCUT2D eigenvalue weighted by molar-refractivity contribution is 0.0686. The van der Waals surface area contributed by atoms with Crippen LogP contribution in [0, 0.1) is 0 Å². The van der Waals surface area contributed by atoms with Gasteiger partial charge >= 0.3 is 5.97 Å². The number of rotatable bonds is 5. The van der Waals surface area contributed by atoms with Crippen molar-refractivity contribution in [1.29, 1.82) is 0 Å². The molecule has 8 nitrogen and oxygen atoms in total. The Kier molecular flexibility index (Phi) is 4.42. The molecule has 2 aromatic carbocycles. The smallest absolute Gasteiger partial charge is 0.358 e. The lowest BCUT2D eigenvalue weighted by Gasteiger charge is -2.07. The van der Waals surface area contributed by atoms with E-state index in [1.165, 1.54) is 7.11 Å². The summed E-state index contributed by atoms with van der Waals surface area (Å²) in [6, 6.07) is 15.1. The topological polar surface area (TPSA) is 106 Å². The molecular formula is C17H14N4O4. The van der Waals surface area contributed by atoms with Crippen LogP contribution in [-0.2, 0) is 0 Å². The SMILES string of the molecule is COc1ccc(C(=O)Nn2nnc(-c3ccccc3)c2C(=O)O)cc1. The maximum absolute atomic E-state index is 12.3. The third-order valence-electron chi connectivity index (χ3n) is 3.48. The van der Waals surface area contributed by atoms with Crippen molar-refractivity contribution in [3.63, 3.8) is 0 Å². The molecule has 3 rings (SSSR count). The van der Waals surface area contributed by atoms with Crippen molar-refractivity contribution in [3.05, 3.63) is 65.9 Å². The molecule has 25 heavy (non-hydrogen) atoms. The molecule has 126 valence electrons. The highest BCUT2D eigenvalue weighted by Crippen LogP contribution is 2.20. The van der Waals surface area contributed by atoms with Crippen LogP contribution in [0.15, 0.2) is 54.6 Å². The first-order valence-electron chi connectivity index (χ1n) is 7.30. The predicted molar refractivity (Wildman–Crippen MR) is 89.1 cm³/mol. The Morgan fingerprint density at radius 2 is 1.76 bits per heavy atom. The van der Waals surface area contributed by atoms with Crippen LogP contribution in [0.3, 0.4) is 0 Å². The molecule has 0 aliphatic carbocycles. The minimum Gasteiger partial charge on any atom is -0.497 e. The van der Waals surface area contributed by atoms with Gasteiger partial charge in [0.25, 0.3) is 5.91 Å². The van der Waals surface area contributed by atoms with Crippen molar-refractivity contribution in [2.24, 2.45) is 0 Å². The van der Waals surface area contributed by atoms with E-state index in [1.807, 2.05) is 0 Å².